The molecular weight excluding hydrogens is 358 g/mol. The first-order chi connectivity index (χ1) is 11.9. The third kappa shape index (κ3) is 4.71. The fourth-order valence-electron chi connectivity index (χ4n) is 2.70. The second-order valence-electron chi connectivity index (χ2n) is 8.60. The molecule has 2 aromatic rings. The number of amides is 1. The second-order valence-corrected chi connectivity index (χ2v) is 18.7. The minimum Gasteiger partial charge on any atom is -0.478 e. The number of benzene rings is 2. The molecule has 0 aliphatic heterocycles. The fraction of sp³-hybridized carbons (Fsp3) is 0.300. The van der Waals surface area contributed by atoms with Crippen LogP contribution in [-0.2, 0) is 0 Å². The highest BCUT2D eigenvalue weighted by Crippen LogP contribution is 2.15. The van der Waals surface area contributed by atoms with Gasteiger partial charge in [0.15, 0.2) is 0 Å². The van der Waals surface area contributed by atoms with Crippen LogP contribution in [0.2, 0.25) is 39.3 Å². The molecule has 0 radical (unpaired) electrons. The van der Waals surface area contributed by atoms with Crippen LogP contribution in [0.4, 0.5) is 5.69 Å². The quantitative estimate of drug-likeness (QED) is 0.771. The van der Waals surface area contributed by atoms with Crippen molar-refractivity contribution in [3.05, 3.63) is 53.6 Å². The van der Waals surface area contributed by atoms with Gasteiger partial charge < -0.3 is 10.4 Å². The van der Waals surface area contributed by atoms with E-state index in [0.717, 1.165) is 5.69 Å². The Bertz CT molecular complexity index is 832. The van der Waals surface area contributed by atoms with E-state index in [1.807, 2.05) is 6.07 Å². The number of carboxylic acids is 1. The van der Waals surface area contributed by atoms with Crippen LogP contribution in [0.25, 0.3) is 0 Å². The summed E-state index contributed by atoms with van der Waals surface area (Å²) in [6.45, 7) is 13.8. The summed E-state index contributed by atoms with van der Waals surface area (Å²) in [6, 6.07) is 12.4. The van der Waals surface area contributed by atoms with E-state index < -0.39 is 22.1 Å². The van der Waals surface area contributed by atoms with Gasteiger partial charge in [0.25, 0.3) is 5.91 Å². The first-order valence-corrected chi connectivity index (χ1v) is 15.7. The van der Waals surface area contributed by atoms with Crippen molar-refractivity contribution in [2.45, 2.75) is 39.3 Å². The second kappa shape index (κ2) is 7.21. The van der Waals surface area contributed by atoms with Crippen LogP contribution in [0.15, 0.2) is 42.5 Å². The van der Waals surface area contributed by atoms with Gasteiger partial charge in [0.2, 0.25) is 0 Å². The van der Waals surface area contributed by atoms with Crippen LogP contribution in [0, 0.1) is 0 Å². The van der Waals surface area contributed by atoms with Crippen LogP contribution in [0.5, 0.6) is 0 Å². The normalized spacial score (nSPS) is 11.9. The Balaban J connectivity index is 2.36. The first kappa shape index (κ1) is 20.1. The largest absolute Gasteiger partial charge is 0.478 e. The van der Waals surface area contributed by atoms with Crippen molar-refractivity contribution >= 4 is 44.1 Å². The predicted octanol–water partition coefficient (Wildman–Crippen LogP) is 3.73. The van der Waals surface area contributed by atoms with E-state index in [-0.39, 0.29) is 11.5 Å². The van der Waals surface area contributed by atoms with Crippen LogP contribution in [0.1, 0.15) is 20.7 Å². The Morgan fingerprint density at radius 3 is 1.81 bits per heavy atom. The number of carbonyl (C=O) groups is 2. The van der Waals surface area contributed by atoms with Crippen LogP contribution < -0.4 is 15.7 Å². The van der Waals surface area contributed by atoms with E-state index in [2.05, 4.69) is 56.7 Å². The molecule has 0 aromatic heterocycles. The Morgan fingerprint density at radius 1 is 0.808 bits per heavy atom. The molecule has 0 atom stereocenters. The van der Waals surface area contributed by atoms with E-state index in [4.69, 9.17) is 5.11 Å². The summed E-state index contributed by atoms with van der Waals surface area (Å²) in [4.78, 5) is 23.6. The molecule has 0 fully saturated rings. The van der Waals surface area contributed by atoms with Gasteiger partial charge in [0, 0.05) is 11.3 Å². The third-order valence-electron chi connectivity index (χ3n) is 4.34. The lowest BCUT2D eigenvalue weighted by Gasteiger charge is -2.25. The molecule has 0 saturated heterocycles. The molecule has 0 saturated carbocycles. The van der Waals surface area contributed by atoms with E-state index >= 15 is 0 Å². The highest BCUT2D eigenvalue weighted by Gasteiger charge is 2.25. The maximum absolute atomic E-state index is 12.6. The molecule has 0 aliphatic carbocycles. The molecule has 1 amide bonds. The van der Waals surface area contributed by atoms with Gasteiger partial charge in [-0.05, 0) is 35.5 Å². The molecule has 2 N–H and O–H groups in total. The lowest BCUT2D eigenvalue weighted by atomic mass is 10.1. The number of hydrogen-bond acceptors (Lipinski definition) is 2. The molecule has 0 heterocycles. The van der Waals surface area contributed by atoms with Gasteiger partial charge >= 0.3 is 5.97 Å². The summed E-state index contributed by atoms with van der Waals surface area (Å²) < 4.78 is 0. The summed E-state index contributed by atoms with van der Waals surface area (Å²) >= 11 is 0. The maximum Gasteiger partial charge on any atom is 0.335 e. The molecule has 2 rings (SSSR count). The number of hydrogen-bond donors (Lipinski definition) is 2. The van der Waals surface area contributed by atoms with Crippen molar-refractivity contribution in [3.8, 4) is 0 Å². The van der Waals surface area contributed by atoms with Crippen molar-refractivity contribution in [2.24, 2.45) is 0 Å². The van der Waals surface area contributed by atoms with E-state index in [9.17, 15) is 9.59 Å². The first-order valence-electron chi connectivity index (χ1n) is 8.69. The van der Waals surface area contributed by atoms with Crippen LogP contribution in [-0.4, -0.2) is 33.1 Å². The van der Waals surface area contributed by atoms with Crippen LogP contribution >= 0.6 is 0 Å². The Labute approximate surface area is 157 Å². The zero-order valence-corrected chi connectivity index (χ0v) is 18.3. The SMILES string of the molecule is C[Si](C)(C)c1ccc(NC(=O)c2ccc(C(=O)O)cc2)c([Si](C)(C)C)c1. The van der Waals surface area contributed by atoms with Crippen molar-refractivity contribution in [3.63, 3.8) is 0 Å². The minimum absolute atomic E-state index is 0.170. The molecule has 26 heavy (non-hydrogen) atoms. The highest BCUT2D eigenvalue weighted by molar-refractivity contribution is 6.92. The maximum atomic E-state index is 12.6. The summed E-state index contributed by atoms with van der Waals surface area (Å²) in [7, 11) is -3.08. The molecule has 4 nitrogen and oxygen atoms in total. The standard InChI is InChI=1S/C20H27NO3Si2/c1-25(2,3)16-11-12-17(18(13-16)26(4,5)6)21-19(22)14-7-9-15(10-8-14)20(23)24/h7-13H,1-6H3,(H,21,22)(H,23,24). The fourth-order valence-corrected chi connectivity index (χ4v) is 5.55. The molecule has 0 unspecified atom stereocenters. The van der Waals surface area contributed by atoms with Gasteiger partial charge in [-0.15, -0.1) is 0 Å². The van der Waals surface area contributed by atoms with Gasteiger partial charge in [-0.2, -0.15) is 0 Å². The number of aromatic carboxylic acids is 1. The number of carboxylic acid groups (broad SMARTS) is 1. The Hall–Kier alpha value is -2.19. The summed E-state index contributed by atoms with van der Waals surface area (Å²) in [5.41, 5.74) is 1.48. The summed E-state index contributed by atoms with van der Waals surface area (Å²) in [6.07, 6.45) is 0. The summed E-state index contributed by atoms with van der Waals surface area (Å²) in [5, 5.41) is 14.6. The number of anilines is 1. The smallest absolute Gasteiger partial charge is 0.335 e. The topological polar surface area (TPSA) is 66.4 Å². The summed E-state index contributed by atoms with van der Waals surface area (Å²) in [5.74, 6) is -1.22. The Morgan fingerprint density at radius 2 is 1.35 bits per heavy atom. The average molecular weight is 386 g/mol. The molecule has 0 spiro atoms. The molecule has 2 aromatic carbocycles. The van der Waals surface area contributed by atoms with E-state index in [1.54, 1.807) is 12.1 Å². The van der Waals surface area contributed by atoms with E-state index in [1.165, 1.54) is 22.5 Å². The number of carbonyl (C=O) groups excluding carboxylic acids is 1. The monoisotopic (exact) mass is 385 g/mol. The Kier molecular flexibility index (Phi) is 5.58. The lowest BCUT2D eigenvalue weighted by molar-refractivity contribution is 0.0696. The zero-order chi connectivity index (χ0) is 19.7. The minimum atomic E-state index is -1.65. The molecule has 0 aliphatic rings. The van der Waals surface area contributed by atoms with Crippen molar-refractivity contribution in [1.82, 2.24) is 0 Å². The number of nitrogens with one attached hydrogen (secondary N) is 1. The van der Waals surface area contributed by atoms with E-state index in [0.29, 0.717) is 5.56 Å². The van der Waals surface area contributed by atoms with Crippen molar-refractivity contribution in [2.75, 3.05) is 5.32 Å². The third-order valence-corrected chi connectivity index (χ3v) is 8.41. The van der Waals surface area contributed by atoms with Gasteiger partial charge in [-0.1, -0.05) is 56.6 Å². The number of rotatable bonds is 5. The molecule has 138 valence electrons. The highest BCUT2D eigenvalue weighted by atomic mass is 28.3. The molecule has 6 heteroatoms. The zero-order valence-electron chi connectivity index (χ0n) is 16.3. The average Bonchev–Trinajstić information content (AvgIpc) is 2.53. The van der Waals surface area contributed by atoms with Gasteiger partial charge in [0.05, 0.1) is 21.7 Å². The van der Waals surface area contributed by atoms with Crippen molar-refractivity contribution in [1.29, 1.82) is 0 Å². The molecular formula is C20H27NO3Si2. The van der Waals surface area contributed by atoms with Gasteiger partial charge in [-0.3, -0.25) is 4.79 Å². The van der Waals surface area contributed by atoms with Gasteiger partial charge in [0.1, 0.15) is 0 Å². The van der Waals surface area contributed by atoms with Crippen LogP contribution in [0.3, 0.4) is 0 Å². The lowest BCUT2D eigenvalue weighted by Crippen LogP contribution is -2.46. The predicted molar refractivity (Wildman–Crippen MR) is 114 cm³/mol. The van der Waals surface area contributed by atoms with Crippen molar-refractivity contribution < 1.29 is 14.7 Å². The van der Waals surface area contributed by atoms with Gasteiger partial charge in [-0.25, -0.2) is 4.79 Å². The molecule has 0 bridgehead atoms.